The average Bonchev–Trinajstić information content (AvgIpc) is 1.30. The van der Waals surface area contributed by atoms with Crippen molar-refractivity contribution in [2.45, 2.75) is 119 Å². The molecule has 0 radical (unpaired) electrons. The van der Waals surface area contributed by atoms with Gasteiger partial charge in [-0.2, -0.15) is 0 Å². The van der Waals surface area contributed by atoms with E-state index in [0.29, 0.717) is 44.5 Å². The first-order valence-corrected chi connectivity index (χ1v) is 39.1. The molecule has 0 bridgehead atoms. The number of aryl methyl sites for hydroxylation is 5. The fourth-order valence-electron chi connectivity index (χ4n) is 13.5. The van der Waals surface area contributed by atoms with Gasteiger partial charge in [0.25, 0.3) is 0 Å². The molecule has 0 N–H and O–H groups in total. The average molecular weight is 1650 g/mol. The van der Waals surface area contributed by atoms with Crippen molar-refractivity contribution in [2.24, 2.45) is 0 Å². The van der Waals surface area contributed by atoms with Crippen LogP contribution in [0.25, 0.3) is 66.8 Å². The number of Topliss-reactive ketones (excluding diaryl/α,β-unsaturated/α-hetero) is 1. The zero-order valence-electron chi connectivity index (χ0n) is 69.7. The Morgan fingerprint density at radius 1 is 0.320 bits per heavy atom. The zero-order valence-corrected chi connectivity index (χ0v) is 69.7. The van der Waals surface area contributed by atoms with Gasteiger partial charge in [0.05, 0.1) is 18.3 Å². The van der Waals surface area contributed by atoms with E-state index in [9.17, 15) is 43.2 Å². The molecule has 0 heterocycles. The van der Waals surface area contributed by atoms with Crippen LogP contribution < -0.4 is 28.4 Å². The highest BCUT2D eigenvalue weighted by atomic mass is 19.1. The van der Waals surface area contributed by atoms with Crippen molar-refractivity contribution in [1.29, 1.82) is 0 Å². The smallest absolute Gasteiger partial charge is 0.338 e. The Morgan fingerprint density at radius 2 is 0.615 bits per heavy atom. The van der Waals surface area contributed by atoms with Gasteiger partial charge in [0.1, 0.15) is 66.0 Å². The van der Waals surface area contributed by atoms with Crippen LogP contribution in [0.1, 0.15) is 131 Å². The van der Waals surface area contributed by atoms with Gasteiger partial charge >= 0.3 is 35.8 Å². The minimum Gasteiger partial charge on any atom is -0.423 e. The number of halogens is 2. The van der Waals surface area contributed by atoms with E-state index in [0.717, 1.165) is 99.7 Å². The third-order valence-electron chi connectivity index (χ3n) is 20.3. The monoisotopic (exact) mass is 1640 g/mol. The number of fused-ring (bicyclic) bond motifs is 3. The lowest BCUT2D eigenvalue weighted by atomic mass is 9.90. The highest BCUT2D eigenvalue weighted by molar-refractivity contribution is 5.97. The third-order valence-corrected chi connectivity index (χ3v) is 20.3. The SMILES string of the molecule is C=C(C)C(=O)COC1CCc2ccc(-c3ccc(-c4ccc(OC(=O)C(=C)C)cc4OC(=O)C(=C)C)c(F)c3)cc21.C=CC(=O)COC1CCc2ccc(-c3cc(C)c(-c4ccc(OC(=O)C(=C)C)cc4OC(=O)C(=C)C)cc3C)cc21.C=CC(=O)COC1CCc2ccc(-c3ccc(-c4ccc(OC(=O)C(=C)C)cc4OC(=O)C(=C)C)cc3F)cc21. The fraction of sp³-hybridized carbons (Fsp3) is 0.206. The number of hydrogen-bond donors (Lipinski definition) is 0. The van der Waals surface area contributed by atoms with Gasteiger partial charge < -0.3 is 42.6 Å². The van der Waals surface area contributed by atoms with Crippen molar-refractivity contribution in [2.75, 3.05) is 19.8 Å². The van der Waals surface area contributed by atoms with E-state index >= 15 is 8.78 Å². The van der Waals surface area contributed by atoms with E-state index in [4.69, 9.17) is 42.6 Å². The summed E-state index contributed by atoms with van der Waals surface area (Å²) in [6.45, 7) is 47.0. The summed E-state index contributed by atoms with van der Waals surface area (Å²) < 4.78 is 81.3. The predicted octanol–water partition coefficient (Wildman–Crippen LogP) is 21.5. The van der Waals surface area contributed by atoms with Crippen LogP contribution in [0.4, 0.5) is 8.78 Å². The minimum absolute atomic E-state index is 0.0125. The number of benzene rings is 9. The van der Waals surface area contributed by atoms with Crippen molar-refractivity contribution in [1.82, 2.24) is 0 Å². The molecule has 9 aromatic rings. The van der Waals surface area contributed by atoms with Crippen LogP contribution in [0.15, 0.2) is 268 Å². The van der Waals surface area contributed by atoms with Crippen molar-refractivity contribution in [3.05, 3.63) is 324 Å². The van der Waals surface area contributed by atoms with Crippen LogP contribution >= 0.6 is 0 Å². The fourth-order valence-corrected chi connectivity index (χ4v) is 13.5. The first-order valence-electron chi connectivity index (χ1n) is 39.1. The molecule has 20 heteroatoms. The van der Waals surface area contributed by atoms with Crippen LogP contribution in [-0.2, 0) is 76.6 Å². The molecular weight excluding hydrogens is 1550 g/mol. The molecule has 0 fully saturated rings. The summed E-state index contributed by atoms with van der Waals surface area (Å²) >= 11 is 0. The number of ketones is 3. The number of hydrogen-bond acceptors (Lipinski definition) is 18. The summed E-state index contributed by atoms with van der Waals surface area (Å²) in [4.78, 5) is 108. The largest absolute Gasteiger partial charge is 0.423 e. The molecule has 3 atom stereocenters. The van der Waals surface area contributed by atoms with Gasteiger partial charge in [-0.3, -0.25) is 14.4 Å². The van der Waals surface area contributed by atoms with E-state index < -0.39 is 47.5 Å². The quantitative estimate of drug-likeness (QED) is 0.0231. The van der Waals surface area contributed by atoms with E-state index in [1.54, 1.807) is 63.2 Å². The van der Waals surface area contributed by atoms with Gasteiger partial charge in [-0.1, -0.05) is 132 Å². The molecule has 3 unspecified atom stereocenters. The molecule has 18 nitrogen and oxygen atoms in total. The molecule has 0 aromatic heterocycles. The standard InChI is InChI=1S/C35H34O6.C34H31FO6.C33H29FO6/c1-8-26(36)19-39-32-14-11-24-9-10-25(17-31(24)32)29-15-23(7)30(16-22(29)6)28-13-12-27(40-34(37)20(2)3)18-33(28)41-35(38)21(4)5;1-19(2)30(36)18-39-31-14-10-22-7-8-23(15-28(22)31)24-9-12-26(29(35)16-24)27-13-11-25(40-33(37)20(3)4)17-32(27)41-34(38)21(5)6;1-6-24(35)18-38-30-14-10-21-7-8-22(15-28(21)30)26-12-9-23(16-29(26)34)27-13-11-25(39-32(36)19(2)3)17-31(27)40-33(37)20(4)5/h8-10,12-13,15-18,32H,1-2,4,11,14,19H2,3,5-7H3;7-9,11-13,15-17,31H,1,3,5,10,14,18H2,2,4,6H3;6-9,11-13,15-17,30H,1-2,4,10,14,18H2,3,5H3. The van der Waals surface area contributed by atoms with Gasteiger partial charge in [0.2, 0.25) is 0 Å². The maximum atomic E-state index is 15.6. The Kier molecular flexibility index (Phi) is 29.9. The molecule has 624 valence electrons. The van der Waals surface area contributed by atoms with Gasteiger partial charge in [0, 0.05) is 79.5 Å². The van der Waals surface area contributed by atoms with E-state index in [1.165, 1.54) is 93.9 Å². The Bertz CT molecular complexity index is 5870. The van der Waals surface area contributed by atoms with Gasteiger partial charge in [-0.05, 0) is 269 Å². The lowest BCUT2D eigenvalue weighted by Crippen LogP contribution is -2.12. The van der Waals surface area contributed by atoms with E-state index in [-0.39, 0.29) is 129 Å². The summed E-state index contributed by atoms with van der Waals surface area (Å²) in [6.07, 6.45) is 6.82. The number of ether oxygens (including phenoxy) is 9. The van der Waals surface area contributed by atoms with E-state index in [1.807, 2.05) is 50.2 Å². The summed E-state index contributed by atoms with van der Waals surface area (Å²) in [5.74, 6) is -4.44. The lowest BCUT2D eigenvalue weighted by molar-refractivity contribution is -0.131. The molecule has 0 spiro atoms. The number of esters is 6. The van der Waals surface area contributed by atoms with Crippen molar-refractivity contribution >= 4 is 53.2 Å². The van der Waals surface area contributed by atoms with E-state index in [2.05, 4.69) is 89.5 Å². The molecule has 3 aliphatic carbocycles. The molecule has 0 amide bonds. The van der Waals surface area contributed by atoms with Crippen molar-refractivity contribution < 1.29 is 94.6 Å². The maximum Gasteiger partial charge on any atom is 0.338 e. The Hall–Kier alpha value is -13.8. The van der Waals surface area contributed by atoms with Gasteiger partial charge in [-0.25, -0.2) is 37.5 Å². The minimum atomic E-state index is -0.702. The normalized spacial score (nSPS) is 13.7. The predicted molar refractivity (Wildman–Crippen MR) is 465 cm³/mol. The second-order valence-corrected chi connectivity index (χ2v) is 30.2. The molecule has 122 heavy (non-hydrogen) atoms. The summed E-state index contributed by atoms with van der Waals surface area (Å²) in [5, 5.41) is 0. The maximum absolute atomic E-state index is 15.6. The zero-order chi connectivity index (χ0) is 88.7. The highest BCUT2D eigenvalue weighted by Crippen LogP contribution is 2.45. The number of carbonyl (C=O) groups excluding carboxylic acids is 9. The van der Waals surface area contributed by atoms with Gasteiger partial charge in [-0.15, -0.1) is 0 Å². The third kappa shape index (κ3) is 22.6. The highest BCUT2D eigenvalue weighted by Gasteiger charge is 2.30. The molecule has 0 aliphatic heterocycles. The Labute approximate surface area is 708 Å². The van der Waals surface area contributed by atoms with Crippen LogP contribution in [0.2, 0.25) is 0 Å². The second-order valence-electron chi connectivity index (χ2n) is 30.2. The van der Waals surface area contributed by atoms with Crippen LogP contribution in [0.3, 0.4) is 0 Å². The molecule has 9 aromatic carbocycles. The van der Waals surface area contributed by atoms with Crippen molar-refractivity contribution in [3.8, 4) is 101 Å². The first kappa shape index (κ1) is 90.5. The Morgan fingerprint density at radius 3 is 1.02 bits per heavy atom. The summed E-state index contributed by atoms with van der Waals surface area (Å²) in [6, 6.07) is 45.5. The Balaban J connectivity index is 0.000000192. The molecule has 0 saturated carbocycles. The summed E-state index contributed by atoms with van der Waals surface area (Å²) in [5.41, 5.74) is 17.7. The van der Waals surface area contributed by atoms with Crippen LogP contribution in [0.5, 0.6) is 34.5 Å². The first-order chi connectivity index (χ1) is 58.0. The molecular formula is C102H94F2O18. The lowest BCUT2D eigenvalue weighted by Gasteiger charge is -2.18. The van der Waals surface area contributed by atoms with Crippen molar-refractivity contribution in [3.63, 3.8) is 0 Å². The number of rotatable bonds is 30. The molecule has 0 saturated heterocycles. The molecule has 12 rings (SSSR count). The number of carbonyl (C=O) groups is 9. The summed E-state index contributed by atoms with van der Waals surface area (Å²) in [7, 11) is 0. The van der Waals surface area contributed by atoms with Crippen LogP contribution in [0, 0.1) is 25.5 Å². The second kappa shape index (κ2) is 40.3. The topological polar surface area (TPSA) is 237 Å². The molecule has 3 aliphatic rings. The van der Waals surface area contributed by atoms with Gasteiger partial charge in [0.15, 0.2) is 17.3 Å². The van der Waals surface area contributed by atoms with Crippen LogP contribution in [-0.4, -0.2) is 73.0 Å².